The minimum absolute atomic E-state index is 0.268. The van der Waals surface area contributed by atoms with Gasteiger partial charge in [-0.05, 0) is 36.8 Å². The molecule has 30 heavy (non-hydrogen) atoms. The second-order valence-electron chi connectivity index (χ2n) is 7.23. The Kier molecular flexibility index (Phi) is 6.88. The molecule has 1 aliphatic heterocycles. The quantitative estimate of drug-likeness (QED) is 0.672. The molecule has 1 aliphatic rings. The van der Waals surface area contributed by atoms with Crippen molar-refractivity contribution in [2.45, 2.75) is 19.4 Å². The molecule has 1 fully saturated rings. The van der Waals surface area contributed by atoms with Crippen LogP contribution in [0.15, 0.2) is 48.5 Å². The van der Waals surface area contributed by atoms with Crippen molar-refractivity contribution < 1.29 is 17.6 Å². The number of hydrogen-bond donors (Lipinski definition) is 0. The number of hydrogen-bond acceptors (Lipinski definition) is 4. The third-order valence-electron chi connectivity index (χ3n) is 5.16. The van der Waals surface area contributed by atoms with Crippen LogP contribution in [0.25, 0.3) is 0 Å². The summed E-state index contributed by atoms with van der Waals surface area (Å²) < 4.78 is 40.3. The fourth-order valence-electron chi connectivity index (χ4n) is 3.74. The lowest BCUT2D eigenvalue weighted by atomic mass is 10.1. The van der Waals surface area contributed by atoms with Gasteiger partial charge in [-0.15, -0.1) is 0 Å². The third-order valence-corrected chi connectivity index (χ3v) is 6.57. The number of amides is 1. The first-order valence-corrected chi connectivity index (χ1v) is 12.0. The summed E-state index contributed by atoms with van der Waals surface area (Å²) in [5.41, 5.74) is 0.864. The summed E-state index contributed by atoms with van der Waals surface area (Å²) in [6.45, 7) is 3.49. The van der Waals surface area contributed by atoms with E-state index in [1.807, 2.05) is 4.90 Å². The number of sulfonamides is 1. The Balaban J connectivity index is 1.79. The normalized spacial score (nSPS) is 15.7. The van der Waals surface area contributed by atoms with Crippen molar-refractivity contribution in [1.29, 1.82) is 0 Å². The molecule has 6 nitrogen and oxygen atoms in total. The number of anilines is 2. The summed E-state index contributed by atoms with van der Waals surface area (Å²) >= 11 is 6.05. The Morgan fingerprint density at radius 2 is 1.80 bits per heavy atom. The minimum Gasteiger partial charge on any atom is -0.366 e. The number of rotatable bonds is 6. The van der Waals surface area contributed by atoms with Crippen molar-refractivity contribution in [3.63, 3.8) is 0 Å². The molecule has 2 aromatic rings. The van der Waals surface area contributed by atoms with Crippen LogP contribution in [0.5, 0.6) is 0 Å². The largest absolute Gasteiger partial charge is 0.366 e. The second-order valence-corrected chi connectivity index (χ2v) is 9.52. The van der Waals surface area contributed by atoms with Gasteiger partial charge in [0.2, 0.25) is 15.9 Å². The Bertz CT molecular complexity index is 1010. The predicted molar refractivity (Wildman–Crippen MR) is 118 cm³/mol. The third kappa shape index (κ3) is 4.87. The molecular formula is C21H25ClFN3O3S. The van der Waals surface area contributed by atoms with E-state index in [4.69, 9.17) is 11.6 Å². The summed E-state index contributed by atoms with van der Waals surface area (Å²) in [6, 6.07) is 12.1. The topological polar surface area (TPSA) is 60.9 Å². The van der Waals surface area contributed by atoms with Crippen molar-refractivity contribution in [3.05, 3.63) is 59.4 Å². The fraction of sp³-hybridized carbons (Fsp3) is 0.381. The maximum atomic E-state index is 14.1. The first-order valence-electron chi connectivity index (χ1n) is 9.75. The molecule has 0 radical (unpaired) electrons. The molecule has 9 heteroatoms. The Hall–Kier alpha value is -2.32. The zero-order chi connectivity index (χ0) is 21.9. The van der Waals surface area contributed by atoms with Crippen LogP contribution in [0.1, 0.15) is 13.3 Å². The lowest BCUT2D eigenvalue weighted by Gasteiger charge is -2.39. The number of piperazine rings is 1. The second kappa shape index (κ2) is 9.22. The van der Waals surface area contributed by atoms with Gasteiger partial charge in [0.1, 0.15) is 11.9 Å². The SMILES string of the molecule is CC[C@@H](C(=O)N1CCN(c2ccccc2F)CC1)N(c1cccc(Cl)c1)S(C)(=O)=O. The maximum Gasteiger partial charge on any atom is 0.246 e. The van der Waals surface area contributed by atoms with Crippen LogP contribution < -0.4 is 9.21 Å². The lowest BCUT2D eigenvalue weighted by Crippen LogP contribution is -2.56. The van der Waals surface area contributed by atoms with Crippen molar-refractivity contribution in [3.8, 4) is 0 Å². The molecule has 0 aliphatic carbocycles. The monoisotopic (exact) mass is 453 g/mol. The van der Waals surface area contributed by atoms with Crippen molar-refractivity contribution in [1.82, 2.24) is 4.90 Å². The van der Waals surface area contributed by atoms with Gasteiger partial charge in [-0.1, -0.05) is 36.7 Å². The number of carbonyl (C=O) groups excluding carboxylic acids is 1. The Morgan fingerprint density at radius 1 is 1.13 bits per heavy atom. The zero-order valence-corrected chi connectivity index (χ0v) is 18.5. The van der Waals surface area contributed by atoms with Gasteiger partial charge in [0.25, 0.3) is 0 Å². The molecule has 1 heterocycles. The van der Waals surface area contributed by atoms with Crippen LogP contribution >= 0.6 is 11.6 Å². The molecule has 1 saturated heterocycles. The molecule has 2 aromatic carbocycles. The highest BCUT2D eigenvalue weighted by Gasteiger charge is 2.35. The predicted octanol–water partition coefficient (Wildman–Crippen LogP) is 3.37. The molecule has 0 saturated carbocycles. The van der Waals surface area contributed by atoms with E-state index >= 15 is 0 Å². The van der Waals surface area contributed by atoms with Gasteiger partial charge >= 0.3 is 0 Å². The van der Waals surface area contributed by atoms with Gasteiger partial charge in [0.15, 0.2) is 0 Å². The van der Waals surface area contributed by atoms with E-state index in [9.17, 15) is 17.6 Å². The summed E-state index contributed by atoms with van der Waals surface area (Å²) in [5, 5.41) is 0.391. The minimum atomic E-state index is -3.72. The molecule has 0 bridgehead atoms. The summed E-state index contributed by atoms with van der Waals surface area (Å²) in [7, 11) is -3.72. The van der Waals surface area contributed by atoms with Gasteiger partial charge < -0.3 is 9.80 Å². The number of halogens is 2. The van der Waals surface area contributed by atoms with Crippen LogP contribution in [0.2, 0.25) is 5.02 Å². The van der Waals surface area contributed by atoms with E-state index in [1.165, 1.54) is 12.1 Å². The average molecular weight is 454 g/mol. The van der Waals surface area contributed by atoms with E-state index in [0.717, 1.165) is 10.6 Å². The summed E-state index contributed by atoms with van der Waals surface area (Å²) in [5.74, 6) is -0.566. The van der Waals surface area contributed by atoms with Crippen molar-refractivity contribution in [2.24, 2.45) is 0 Å². The van der Waals surface area contributed by atoms with Crippen LogP contribution in [0.4, 0.5) is 15.8 Å². The van der Waals surface area contributed by atoms with Crippen molar-refractivity contribution in [2.75, 3.05) is 41.6 Å². The summed E-state index contributed by atoms with van der Waals surface area (Å²) in [6.07, 6.45) is 1.39. The smallest absolute Gasteiger partial charge is 0.246 e. The van der Waals surface area contributed by atoms with Gasteiger partial charge in [-0.2, -0.15) is 0 Å². The summed E-state index contributed by atoms with van der Waals surface area (Å²) in [4.78, 5) is 16.8. The highest BCUT2D eigenvalue weighted by Crippen LogP contribution is 2.27. The fourth-order valence-corrected chi connectivity index (χ4v) is 5.13. The molecular weight excluding hydrogens is 429 g/mol. The molecule has 0 N–H and O–H groups in total. The Morgan fingerprint density at radius 3 is 2.37 bits per heavy atom. The van der Waals surface area contributed by atoms with E-state index in [-0.39, 0.29) is 11.7 Å². The van der Waals surface area contributed by atoms with Crippen LogP contribution in [-0.4, -0.2) is 57.7 Å². The molecule has 0 spiro atoms. The lowest BCUT2D eigenvalue weighted by molar-refractivity contribution is -0.132. The zero-order valence-electron chi connectivity index (χ0n) is 17.0. The molecule has 1 amide bonds. The van der Waals surface area contributed by atoms with Gasteiger partial charge in [0.05, 0.1) is 17.6 Å². The maximum absolute atomic E-state index is 14.1. The molecule has 0 unspecified atom stereocenters. The number of nitrogens with zero attached hydrogens (tertiary/aromatic N) is 3. The average Bonchev–Trinajstić information content (AvgIpc) is 2.71. The first-order chi connectivity index (χ1) is 14.2. The molecule has 3 rings (SSSR count). The van der Waals surface area contributed by atoms with E-state index in [2.05, 4.69) is 0 Å². The van der Waals surface area contributed by atoms with E-state index < -0.39 is 16.1 Å². The Labute approximate surface area is 181 Å². The van der Waals surface area contributed by atoms with Gasteiger partial charge in [-0.25, -0.2) is 12.8 Å². The van der Waals surface area contributed by atoms with Crippen molar-refractivity contribution >= 4 is 38.9 Å². The molecule has 0 aromatic heterocycles. The number of benzene rings is 2. The molecule has 1 atom stereocenters. The standard InChI is InChI=1S/C21H25ClFN3O3S/c1-3-19(26(30(2,28)29)17-8-6-7-16(22)15-17)21(27)25-13-11-24(12-14-25)20-10-5-4-9-18(20)23/h4-10,15,19H,3,11-14H2,1-2H3/t19-/m0/s1. The highest BCUT2D eigenvalue weighted by atomic mass is 35.5. The van der Waals surface area contributed by atoms with Crippen LogP contribution in [0.3, 0.4) is 0 Å². The number of carbonyl (C=O) groups is 1. The van der Waals surface area contributed by atoms with Crippen LogP contribution in [-0.2, 0) is 14.8 Å². The first kappa shape index (κ1) is 22.4. The van der Waals surface area contributed by atoms with Gasteiger partial charge in [-0.3, -0.25) is 9.10 Å². The van der Waals surface area contributed by atoms with Crippen LogP contribution in [0, 0.1) is 5.82 Å². The molecule has 162 valence electrons. The number of para-hydroxylation sites is 1. The highest BCUT2D eigenvalue weighted by molar-refractivity contribution is 7.92. The van der Waals surface area contributed by atoms with E-state index in [1.54, 1.807) is 48.2 Å². The van der Waals surface area contributed by atoms with Gasteiger partial charge in [0, 0.05) is 31.2 Å². The van der Waals surface area contributed by atoms with E-state index in [0.29, 0.717) is 49.0 Å².